The molecule has 1 saturated heterocycles. The van der Waals surface area contributed by atoms with Crippen LogP contribution in [0.3, 0.4) is 0 Å². The normalized spacial score (nSPS) is 28.3. The molecule has 1 aliphatic heterocycles. The molecule has 0 aromatic rings. The van der Waals surface area contributed by atoms with Gasteiger partial charge in [-0.1, -0.05) is 13.8 Å². The number of rotatable bonds is 0. The Balaban J connectivity index is 2.35. The monoisotopic (exact) mass is 161 g/mol. The molecule has 1 fully saturated rings. The summed E-state index contributed by atoms with van der Waals surface area (Å²) in [7, 11) is 0. The third-order valence-electron chi connectivity index (χ3n) is 1.33. The number of hydrogen-bond donors (Lipinski definition) is 0. The predicted molar refractivity (Wildman–Crippen MR) is 47.6 cm³/mol. The molecule has 9 heavy (non-hydrogen) atoms. The zero-order chi connectivity index (χ0) is 6.91. The van der Waals surface area contributed by atoms with E-state index >= 15 is 0 Å². The second-order valence-corrected chi connectivity index (χ2v) is 5.87. The Kier molecular flexibility index (Phi) is 2.38. The van der Waals surface area contributed by atoms with Crippen LogP contribution in [0, 0.1) is 10.00 Å². The molecular weight excluding hydrogens is 148 g/mol. The highest BCUT2D eigenvalue weighted by molar-refractivity contribution is 8.21. The van der Waals surface area contributed by atoms with E-state index in [2.05, 4.69) is 20.8 Å². The van der Waals surface area contributed by atoms with Crippen molar-refractivity contribution in [3.63, 3.8) is 0 Å². The van der Waals surface area contributed by atoms with Gasteiger partial charge in [-0.15, -0.1) is 23.5 Å². The first-order valence-electron chi connectivity index (χ1n) is 3.19. The van der Waals surface area contributed by atoms with Crippen LogP contribution in [0.4, 0.5) is 0 Å². The minimum Gasteiger partial charge on any atom is -0.142 e. The van der Waals surface area contributed by atoms with Crippen molar-refractivity contribution in [1.29, 1.82) is 0 Å². The van der Waals surface area contributed by atoms with Gasteiger partial charge in [0.05, 0.1) is 4.58 Å². The van der Waals surface area contributed by atoms with Gasteiger partial charge in [-0.05, 0) is 12.3 Å². The van der Waals surface area contributed by atoms with Crippen LogP contribution in [0.5, 0.6) is 0 Å². The minimum atomic E-state index is 0.564. The van der Waals surface area contributed by atoms with E-state index in [0.29, 0.717) is 5.41 Å². The lowest BCUT2D eigenvalue weighted by Crippen LogP contribution is -2.22. The molecule has 0 saturated carbocycles. The molecule has 2 heteroatoms. The highest BCUT2D eigenvalue weighted by Crippen LogP contribution is 2.44. The summed E-state index contributed by atoms with van der Waals surface area (Å²) in [5.74, 6) is 2.59. The Bertz CT molecular complexity index is 89.1. The van der Waals surface area contributed by atoms with Gasteiger partial charge >= 0.3 is 0 Å². The summed E-state index contributed by atoms with van der Waals surface area (Å²) in [5.41, 5.74) is 0.564. The standard InChI is InChI=1S/C7H13S2/c1-6-8-4-7(2,3)5-9-6/h4-5H2,1-3H3. The van der Waals surface area contributed by atoms with Crippen LogP contribution in [0.15, 0.2) is 0 Å². The molecule has 0 unspecified atom stereocenters. The van der Waals surface area contributed by atoms with Gasteiger partial charge in [0, 0.05) is 11.5 Å². The van der Waals surface area contributed by atoms with Crippen LogP contribution in [0.2, 0.25) is 0 Å². The fraction of sp³-hybridized carbons (Fsp3) is 0.857. The van der Waals surface area contributed by atoms with Crippen LogP contribution in [-0.4, -0.2) is 11.5 Å². The lowest BCUT2D eigenvalue weighted by Gasteiger charge is -2.31. The maximum Gasteiger partial charge on any atom is 0.0817 e. The van der Waals surface area contributed by atoms with Crippen molar-refractivity contribution >= 4 is 23.5 Å². The van der Waals surface area contributed by atoms with Gasteiger partial charge in [0.15, 0.2) is 0 Å². The highest BCUT2D eigenvalue weighted by Gasteiger charge is 2.25. The third-order valence-corrected chi connectivity index (χ3v) is 4.70. The highest BCUT2D eigenvalue weighted by atomic mass is 32.2. The fourth-order valence-electron chi connectivity index (χ4n) is 0.677. The topological polar surface area (TPSA) is 0 Å². The quantitative estimate of drug-likeness (QED) is 0.535. The lowest BCUT2D eigenvalue weighted by molar-refractivity contribution is 0.490. The summed E-state index contributed by atoms with van der Waals surface area (Å²) in [5, 5.41) is 0. The van der Waals surface area contributed by atoms with Crippen molar-refractivity contribution in [1.82, 2.24) is 0 Å². The first-order valence-corrected chi connectivity index (χ1v) is 5.16. The molecule has 0 aliphatic carbocycles. The van der Waals surface area contributed by atoms with Crippen LogP contribution in [0.25, 0.3) is 0 Å². The lowest BCUT2D eigenvalue weighted by atomic mass is 10.0. The van der Waals surface area contributed by atoms with E-state index < -0.39 is 0 Å². The zero-order valence-corrected chi connectivity index (χ0v) is 7.86. The second-order valence-electron chi connectivity index (χ2n) is 3.23. The maximum atomic E-state index is 2.33. The van der Waals surface area contributed by atoms with Crippen molar-refractivity contribution in [3.8, 4) is 0 Å². The van der Waals surface area contributed by atoms with Gasteiger partial charge < -0.3 is 0 Å². The average Bonchev–Trinajstić information content (AvgIpc) is 1.78. The molecule has 0 aromatic heterocycles. The van der Waals surface area contributed by atoms with Gasteiger partial charge in [0.2, 0.25) is 0 Å². The van der Waals surface area contributed by atoms with Gasteiger partial charge in [0.25, 0.3) is 0 Å². The molecular formula is C7H13S2. The summed E-state index contributed by atoms with van der Waals surface area (Å²) in [6, 6.07) is 0. The van der Waals surface area contributed by atoms with E-state index in [1.165, 1.54) is 16.1 Å². The first kappa shape index (κ1) is 7.80. The van der Waals surface area contributed by atoms with E-state index in [1.807, 2.05) is 23.5 Å². The van der Waals surface area contributed by atoms with Crippen LogP contribution in [-0.2, 0) is 0 Å². The summed E-state index contributed by atoms with van der Waals surface area (Å²) in [4.78, 5) is 0. The molecule has 0 nitrogen and oxygen atoms in total. The summed E-state index contributed by atoms with van der Waals surface area (Å²) < 4.78 is 1.54. The number of thioether (sulfide) groups is 2. The molecule has 1 aliphatic rings. The fourth-order valence-corrected chi connectivity index (χ4v) is 2.89. The van der Waals surface area contributed by atoms with Crippen molar-refractivity contribution in [2.45, 2.75) is 20.8 Å². The van der Waals surface area contributed by atoms with Gasteiger partial charge in [0.1, 0.15) is 0 Å². The minimum absolute atomic E-state index is 0.564. The van der Waals surface area contributed by atoms with Crippen molar-refractivity contribution in [2.75, 3.05) is 11.5 Å². The Morgan fingerprint density at radius 1 is 1.22 bits per heavy atom. The van der Waals surface area contributed by atoms with Gasteiger partial charge in [-0.2, -0.15) is 0 Å². The van der Waals surface area contributed by atoms with Crippen molar-refractivity contribution < 1.29 is 0 Å². The van der Waals surface area contributed by atoms with E-state index in [9.17, 15) is 0 Å². The Hall–Kier alpha value is 0.700. The van der Waals surface area contributed by atoms with E-state index in [0.717, 1.165) is 0 Å². The van der Waals surface area contributed by atoms with E-state index in [4.69, 9.17) is 0 Å². The Labute approximate surface area is 66.2 Å². The summed E-state index contributed by atoms with van der Waals surface area (Å²) in [6.45, 7) is 6.88. The van der Waals surface area contributed by atoms with Gasteiger partial charge in [-0.3, -0.25) is 0 Å². The molecule has 1 radical (unpaired) electrons. The molecule has 1 heterocycles. The third kappa shape index (κ3) is 2.42. The van der Waals surface area contributed by atoms with Crippen LogP contribution >= 0.6 is 23.5 Å². The predicted octanol–water partition coefficient (Wildman–Crippen LogP) is 3.00. The van der Waals surface area contributed by atoms with E-state index in [-0.39, 0.29) is 0 Å². The largest absolute Gasteiger partial charge is 0.142 e. The number of hydrogen-bond acceptors (Lipinski definition) is 2. The van der Waals surface area contributed by atoms with Crippen molar-refractivity contribution in [3.05, 3.63) is 4.58 Å². The van der Waals surface area contributed by atoms with E-state index in [1.54, 1.807) is 0 Å². The maximum absolute atomic E-state index is 2.33. The molecule has 0 amide bonds. The molecule has 0 aromatic carbocycles. The Morgan fingerprint density at radius 3 is 2.00 bits per heavy atom. The average molecular weight is 161 g/mol. The van der Waals surface area contributed by atoms with Gasteiger partial charge in [-0.25, -0.2) is 0 Å². The first-order chi connectivity index (χ1) is 4.10. The molecule has 1 rings (SSSR count). The second kappa shape index (κ2) is 2.75. The summed E-state index contributed by atoms with van der Waals surface area (Å²) in [6.07, 6.45) is 0. The molecule has 0 atom stereocenters. The molecule has 53 valence electrons. The molecule has 0 N–H and O–H groups in total. The smallest absolute Gasteiger partial charge is 0.0817 e. The zero-order valence-electron chi connectivity index (χ0n) is 6.23. The van der Waals surface area contributed by atoms with Crippen LogP contribution < -0.4 is 0 Å². The Morgan fingerprint density at radius 2 is 1.67 bits per heavy atom. The summed E-state index contributed by atoms with van der Waals surface area (Å²) >= 11 is 4.01. The molecule has 0 spiro atoms. The molecule has 0 bridgehead atoms. The van der Waals surface area contributed by atoms with Crippen molar-refractivity contribution in [2.24, 2.45) is 5.41 Å². The SMILES string of the molecule is C[C]1SCC(C)(C)CS1. The van der Waals surface area contributed by atoms with Crippen LogP contribution in [0.1, 0.15) is 20.8 Å².